The normalized spacial score (nSPS) is 14.5. The highest BCUT2D eigenvalue weighted by molar-refractivity contribution is 6.39. The Morgan fingerprint density at radius 3 is 2.21 bits per heavy atom. The number of aromatic nitrogens is 1. The van der Waals surface area contributed by atoms with Crippen molar-refractivity contribution in [1.82, 2.24) is 15.0 Å². The van der Waals surface area contributed by atoms with Gasteiger partial charge in [-0.1, -0.05) is 70.3 Å². The number of ether oxygens (including phenoxy) is 2. The minimum Gasteiger partial charge on any atom is -0.465 e. The zero-order valence-corrected chi connectivity index (χ0v) is 26.0. The van der Waals surface area contributed by atoms with Crippen LogP contribution in [0, 0.1) is 6.92 Å². The quantitative estimate of drug-likeness (QED) is 0.180. The maximum Gasteiger partial charge on any atom is 0.337 e. The number of nitrogens with zero attached hydrogens (tertiary/aromatic N) is 3. The number of amides is 1. The van der Waals surface area contributed by atoms with Gasteiger partial charge in [-0.3, -0.25) is 9.69 Å². The summed E-state index contributed by atoms with van der Waals surface area (Å²) in [6, 6.07) is 19.9. The maximum absolute atomic E-state index is 13.7. The van der Waals surface area contributed by atoms with Gasteiger partial charge in [-0.05, 0) is 54.4 Å². The molecule has 0 bridgehead atoms. The van der Waals surface area contributed by atoms with Gasteiger partial charge in [0.1, 0.15) is 17.0 Å². The van der Waals surface area contributed by atoms with E-state index in [9.17, 15) is 9.59 Å². The monoisotopic (exact) mass is 641 g/mol. The molecule has 0 saturated carbocycles. The topological polar surface area (TPSA) is 85.1 Å². The molecule has 0 N–H and O–H groups in total. The molecule has 0 spiro atoms. The predicted octanol–water partition coefficient (Wildman–Crippen LogP) is 7.11. The van der Waals surface area contributed by atoms with Gasteiger partial charge in [-0.25, -0.2) is 4.79 Å². The molecule has 0 aliphatic carbocycles. The van der Waals surface area contributed by atoms with Crippen molar-refractivity contribution in [2.24, 2.45) is 0 Å². The molecule has 1 aliphatic heterocycles. The lowest BCUT2D eigenvalue weighted by Gasteiger charge is -2.36. The van der Waals surface area contributed by atoms with Gasteiger partial charge in [0.15, 0.2) is 0 Å². The zero-order chi connectivity index (χ0) is 30.5. The second-order valence-corrected chi connectivity index (χ2v) is 11.4. The SMILES string of the molecule is COC(=O)c1ccc(COC(CN2CCN(C(=O)c3c(-c4c(Cl)cccc4Cl)noc3C)CC2)c2ccc(Cl)cc2)cc1. The summed E-state index contributed by atoms with van der Waals surface area (Å²) < 4.78 is 16.6. The van der Waals surface area contributed by atoms with Gasteiger partial charge in [-0.2, -0.15) is 0 Å². The van der Waals surface area contributed by atoms with Crippen LogP contribution in [0.15, 0.2) is 71.3 Å². The lowest BCUT2D eigenvalue weighted by atomic mass is 10.0. The fourth-order valence-electron chi connectivity index (χ4n) is 5.03. The molecule has 1 atom stereocenters. The van der Waals surface area contributed by atoms with Crippen molar-refractivity contribution in [3.63, 3.8) is 0 Å². The van der Waals surface area contributed by atoms with E-state index >= 15 is 0 Å². The first-order valence-corrected chi connectivity index (χ1v) is 14.8. The van der Waals surface area contributed by atoms with Crippen LogP contribution in [0.25, 0.3) is 11.3 Å². The number of esters is 1. The molecule has 1 saturated heterocycles. The number of carbonyl (C=O) groups excluding carboxylic acids is 2. The minimum atomic E-state index is -0.382. The third-order valence-corrected chi connectivity index (χ3v) is 8.31. The predicted molar refractivity (Wildman–Crippen MR) is 166 cm³/mol. The van der Waals surface area contributed by atoms with E-state index in [1.54, 1.807) is 42.2 Å². The summed E-state index contributed by atoms with van der Waals surface area (Å²) in [5.41, 5.74) is 3.60. The summed E-state index contributed by atoms with van der Waals surface area (Å²) in [7, 11) is 1.36. The van der Waals surface area contributed by atoms with Crippen LogP contribution in [0.2, 0.25) is 15.1 Å². The molecule has 1 aliphatic rings. The molecule has 5 rings (SSSR count). The van der Waals surface area contributed by atoms with Crippen LogP contribution < -0.4 is 0 Å². The van der Waals surface area contributed by atoms with E-state index in [2.05, 4.69) is 10.1 Å². The van der Waals surface area contributed by atoms with E-state index in [0.717, 1.165) is 11.1 Å². The van der Waals surface area contributed by atoms with Crippen molar-refractivity contribution in [2.75, 3.05) is 39.8 Å². The Morgan fingerprint density at radius 1 is 0.930 bits per heavy atom. The second-order valence-electron chi connectivity index (χ2n) is 10.2. The summed E-state index contributed by atoms with van der Waals surface area (Å²) in [5, 5.41) is 5.57. The fourth-order valence-corrected chi connectivity index (χ4v) is 5.73. The van der Waals surface area contributed by atoms with Crippen molar-refractivity contribution < 1.29 is 23.6 Å². The number of carbonyl (C=O) groups is 2. The molecule has 1 unspecified atom stereocenters. The van der Waals surface area contributed by atoms with Crippen molar-refractivity contribution in [3.8, 4) is 11.3 Å². The van der Waals surface area contributed by atoms with Gasteiger partial charge in [0, 0.05) is 43.3 Å². The molecule has 11 heteroatoms. The Labute approximate surface area is 265 Å². The highest BCUT2D eigenvalue weighted by atomic mass is 35.5. The number of methoxy groups -OCH3 is 1. The number of rotatable bonds is 9. The second kappa shape index (κ2) is 13.9. The van der Waals surface area contributed by atoms with Crippen molar-refractivity contribution in [1.29, 1.82) is 0 Å². The van der Waals surface area contributed by atoms with E-state index in [1.807, 2.05) is 36.4 Å². The third-order valence-electron chi connectivity index (χ3n) is 7.43. The van der Waals surface area contributed by atoms with Crippen LogP contribution in [0.1, 0.15) is 43.7 Å². The molecule has 2 heterocycles. The molecule has 1 aromatic heterocycles. The Morgan fingerprint density at radius 2 is 1.58 bits per heavy atom. The van der Waals surface area contributed by atoms with E-state index in [0.29, 0.717) is 82.5 Å². The Bertz CT molecular complexity index is 1560. The molecule has 3 aromatic carbocycles. The number of hydrogen-bond donors (Lipinski definition) is 0. The molecular formula is C32H30Cl3N3O5. The summed E-state index contributed by atoms with van der Waals surface area (Å²) in [6.45, 7) is 5.02. The van der Waals surface area contributed by atoms with Crippen LogP contribution in [-0.4, -0.2) is 66.7 Å². The average molecular weight is 643 g/mol. The lowest BCUT2D eigenvalue weighted by molar-refractivity contribution is 0.00340. The first-order valence-electron chi connectivity index (χ1n) is 13.7. The van der Waals surface area contributed by atoms with E-state index in [1.165, 1.54) is 7.11 Å². The van der Waals surface area contributed by atoms with Crippen molar-refractivity contribution in [3.05, 3.63) is 110 Å². The summed E-state index contributed by atoms with van der Waals surface area (Å²) >= 11 is 19.0. The standard InChI is InChI=1S/C32H30Cl3N3O5/c1-20-28(30(36-43-20)29-25(34)4-3-5-26(29)35)31(39)38-16-14-37(15-17-38)18-27(22-10-12-24(33)13-11-22)42-19-21-6-8-23(9-7-21)32(40)41-2/h3-13,27H,14-19H2,1-2H3. The first-order chi connectivity index (χ1) is 20.7. The number of aryl methyl sites for hydroxylation is 1. The van der Waals surface area contributed by atoms with Gasteiger partial charge in [-0.15, -0.1) is 0 Å². The summed E-state index contributed by atoms with van der Waals surface area (Å²) in [5.74, 6) is -0.147. The van der Waals surface area contributed by atoms with E-state index < -0.39 is 0 Å². The fraction of sp³-hybridized carbons (Fsp3) is 0.281. The molecule has 224 valence electrons. The van der Waals surface area contributed by atoms with Crippen LogP contribution >= 0.6 is 34.8 Å². The number of hydrogen-bond acceptors (Lipinski definition) is 7. The largest absolute Gasteiger partial charge is 0.465 e. The van der Waals surface area contributed by atoms with Crippen LogP contribution in [-0.2, 0) is 16.1 Å². The van der Waals surface area contributed by atoms with Gasteiger partial charge in [0.2, 0.25) is 0 Å². The van der Waals surface area contributed by atoms with Crippen molar-refractivity contribution >= 4 is 46.7 Å². The van der Waals surface area contributed by atoms with Gasteiger partial charge < -0.3 is 18.9 Å². The molecular weight excluding hydrogens is 613 g/mol. The minimum absolute atomic E-state index is 0.176. The van der Waals surface area contributed by atoms with Gasteiger partial charge >= 0.3 is 5.97 Å². The smallest absolute Gasteiger partial charge is 0.337 e. The summed E-state index contributed by atoms with van der Waals surface area (Å²) in [4.78, 5) is 29.5. The van der Waals surface area contributed by atoms with Crippen LogP contribution in [0.5, 0.6) is 0 Å². The average Bonchev–Trinajstić information content (AvgIpc) is 3.40. The van der Waals surface area contributed by atoms with Crippen LogP contribution in [0.4, 0.5) is 0 Å². The maximum atomic E-state index is 13.7. The third kappa shape index (κ3) is 7.22. The number of halogens is 3. The van der Waals surface area contributed by atoms with Gasteiger partial charge in [0.25, 0.3) is 5.91 Å². The van der Waals surface area contributed by atoms with E-state index in [4.69, 9.17) is 48.8 Å². The molecule has 1 amide bonds. The zero-order valence-electron chi connectivity index (χ0n) is 23.7. The number of benzene rings is 3. The molecule has 8 nitrogen and oxygen atoms in total. The van der Waals surface area contributed by atoms with E-state index in [-0.39, 0.29) is 18.0 Å². The number of piperazine rings is 1. The molecule has 0 radical (unpaired) electrons. The highest BCUT2D eigenvalue weighted by Crippen LogP contribution is 2.37. The first kappa shape index (κ1) is 31.0. The molecule has 1 fully saturated rings. The Balaban J connectivity index is 1.25. The van der Waals surface area contributed by atoms with Crippen LogP contribution in [0.3, 0.4) is 0 Å². The Hall–Kier alpha value is -3.40. The van der Waals surface area contributed by atoms with Crippen molar-refractivity contribution in [2.45, 2.75) is 19.6 Å². The molecule has 43 heavy (non-hydrogen) atoms. The highest BCUT2D eigenvalue weighted by Gasteiger charge is 2.31. The lowest BCUT2D eigenvalue weighted by Crippen LogP contribution is -2.49. The Kier molecular flexibility index (Phi) is 10.1. The molecule has 4 aromatic rings. The van der Waals surface area contributed by atoms with Gasteiger partial charge in [0.05, 0.1) is 35.4 Å². The summed E-state index contributed by atoms with van der Waals surface area (Å²) in [6.07, 6.45) is -0.242.